The summed E-state index contributed by atoms with van der Waals surface area (Å²) in [6.45, 7) is 1.22. The van der Waals surface area contributed by atoms with Gasteiger partial charge in [0.1, 0.15) is 0 Å². The van der Waals surface area contributed by atoms with Gasteiger partial charge < -0.3 is 10.2 Å². The Kier molecular flexibility index (Phi) is 4.72. The minimum Gasteiger partial charge on any atom is -0.312 e. The largest absolute Gasteiger partial charge is 0.312 e. The molecule has 1 N–H and O–H groups in total. The minimum absolute atomic E-state index is 0.462. The van der Waals surface area contributed by atoms with E-state index in [2.05, 4.69) is 24.3 Å². The zero-order chi connectivity index (χ0) is 14.0. The third-order valence-corrected chi connectivity index (χ3v) is 6.74. The second-order valence-corrected chi connectivity index (χ2v) is 8.02. The van der Waals surface area contributed by atoms with Gasteiger partial charge in [0.2, 0.25) is 0 Å². The van der Waals surface area contributed by atoms with Gasteiger partial charge in [-0.3, -0.25) is 0 Å². The third-order valence-electron chi connectivity index (χ3n) is 6.74. The summed E-state index contributed by atoms with van der Waals surface area (Å²) < 4.78 is 0. The summed E-state index contributed by atoms with van der Waals surface area (Å²) in [5.41, 5.74) is 0.462. The van der Waals surface area contributed by atoms with Crippen LogP contribution in [-0.2, 0) is 0 Å². The Morgan fingerprint density at radius 3 is 2.30 bits per heavy atom. The van der Waals surface area contributed by atoms with Crippen LogP contribution in [0.2, 0.25) is 0 Å². The van der Waals surface area contributed by atoms with E-state index in [1.165, 1.54) is 77.2 Å². The summed E-state index contributed by atoms with van der Waals surface area (Å²) in [6, 6.07) is 0.812. The minimum atomic E-state index is 0.462. The van der Waals surface area contributed by atoms with Crippen molar-refractivity contribution in [2.75, 3.05) is 20.6 Å². The Bertz CT molecular complexity index is 307. The summed E-state index contributed by atoms with van der Waals surface area (Å²) in [5, 5.41) is 3.98. The summed E-state index contributed by atoms with van der Waals surface area (Å²) >= 11 is 0. The second-order valence-electron chi connectivity index (χ2n) is 8.02. The smallest absolute Gasteiger partial charge is 0.0327 e. The molecule has 0 aliphatic heterocycles. The van der Waals surface area contributed by atoms with Gasteiger partial charge in [-0.15, -0.1) is 0 Å². The number of likely N-dealkylation sites (N-methyl/N-ethyl adjacent to an activating group) is 1. The highest BCUT2D eigenvalue weighted by atomic mass is 15.2. The molecule has 3 saturated carbocycles. The maximum absolute atomic E-state index is 3.98. The number of rotatable bonds is 4. The third kappa shape index (κ3) is 3.06. The maximum Gasteiger partial charge on any atom is 0.0327 e. The van der Waals surface area contributed by atoms with Gasteiger partial charge in [-0.25, -0.2) is 0 Å². The molecule has 3 rings (SSSR count). The SMILES string of the molecule is CN(C)C1(CNC2CCC3CCCCC3C2)CCCC1. The standard InChI is InChI=1S/C18H34N2/c1-20(2)18(11-5-6-12-18)14-19-17-10-9-15-7-3-4-8-16(15)13-17/h15-17,19H,3-14H2,1-2H3. The second kappa shape index (κ2) is 6.36. The summed E-state index contributed by atoms with van der Waals surface area (Å²) in [7, 11) is 4.57. The lowest BCUT2D eigenvalue weighted by Crippen LogP contribution is -2.52. The van der Waals surface area contributed by atoms with Gasteiger partial charge in [-0.05, 0) is 58.0 Å². The highest BCUT2D eigenvalue weighted by molar-refractivity contribution is 4.96. The van der Waals surface area contributed by atoms with E-state index >= 15 is 0 Å². The fourth-order valence-electron chi connectivity index (χ4n) is 5.21. The molecular weight excluding hydrogens is 244 g/mol. The maximum atomic E-state index is 3.98. The van der Waals surface area contributed by atoms with Gasteiger partial charge in [0.05, 0.1) is 0 Å². The van der Waals surface area contributed by atoms with Crippen LogP contribution in [-0.4, -0.2) is 37.1 Å². The molecule has 0 aromatic rings. The molecule has 0 amide bonds. The monoisotopic (exact) mass is 278 g/mol. The quantitative estimate of drug-likeness (QED) is 0.841. The molecule has 0 spiro atoms. The van der Waals surface area contributed by atoms with Crippen LogP contribution in [0.25, 0.3) is 0 Å². The molecule has 3 aliphatic rings. The van der Waals surface area contributed by atoms with E-state index in [0.717, 1.165) is 17.9 Å². The summed E-state index contributed by atoms with van der Waals surface area (Å²) in [4.78, 5) is 2.50. The van der Waals surface area contributed by atoms with E-state index in [1.54, 1.807) is 0 Å². The number of nitrogens with zero attached hydrogens (tertiary/aromatic N) is 1. The lowest BCUT2D eigenvalue weighted by Gasteiger charge is -2.42. The van der Waals surface area contributed by atoms with Crippen LogP contribution >= 0.6 is 0 Å². The normalized spacial score (nSPS) is 37.0. The molecule has 0 bridgehead atoms. The molecule has 3 unspecified atom stereocenters. The molecule has 3 atom stereocenters. The lowest BCUT2D eigenvalue weighted by molar-refractivity contribution is 0.116. The average molecular weight is 278 g/mol. The molecule has 116 valence electrons. The van der Waals surface area contributed by atoms with Gasteiger partial charge >= 0.3 is 0 Å². The van der Waals surface area contributed by atoms with Crippen molar-refractivity contribution in [3.63, 3.8) is 0 Å². The highest BCUT2D eigenvalue weighted by Gasteiger charge is 2.37. The van der Waals surface area contributed by atoms with Crippen molar-refractivity contribution in [3.05, 3.63) is 0 Å². The first kappa shape index (κ1) is 14.8. The first-order valence-corrected chi connectivity index (χ1v) is 9.10. The Morgan fingerprint density at radius 1 is 0.900 bits per heavy atom. The Morgan fingerprint density at radius 2 is 1.60 bits per heavy atom. The number of fused-ring (bicyclic) bond motifs is 1. The van der Waals surface area contributed by atoms with Crippen molar-refractivity contribution in [2.24, 2.45) is 11.8 Å². The number of hydrogen-bond donors (Lipinski definition) is 1. The molecule has 0 radical (unpaired) electrons. The van der Waals surface area contributed by atoms with Crippen molar-refractivity contribution in [2.45, 2.75) is 82.2 Å². The summed E-state index contributed by atoms with van der Waals surface area (Å²) in [5.74, 6) is 2.13. The fraction of sp³-hybridized carbons (Fsp3) is 1.00. The molecule has 2 heteroatoms. The van der Waals surface area contributed by atoms with Gasteiger partial charge in [0, 0.05) is 18.1 Å². The Labute approximate surface area is 125 Å². The number of nitrogens with one attached hydrogen (secondary N) is 1. The molecule has 3 fully saturated rings. The van der Waals surface area contributed by atoms with Crippen LogP contribution in [0.15, 0.2) is 0 Å². The van der Waals surface area contributed by atoms with Gasteiger partial charge in [-0.2, -0.15) is 0 Å². The molecule has 2 nitrogen and oxygen atoms in total. The van der Waals surface area contributed by atoms with Crippen molar-refractivity contribution >= 4 is 0 Å². The zero-order valence-corrected chi connectivity index (χ0v) is 13.7. The van der Waals surface area contributed by atoms with Crippen molar-refractivity contribution in [3.8, 4) is 0 Å². The van der Waals surface area contributed by atoms with E-state index in [9.17, 15) is 0 Å². The molecule has 0 aromatic heterocycles. The molecular formula is C18H34N2. The van der Waals surface area contributed by atoms with Crippen LogP contribution in [0.5, 0.6) is 0 Å². The van der Waals surface area contributed by atoms with Crippen LogP contribution in [0.3, 0.4) is 0 Å². The van der Waals surface area contributed by atoms with Crippen LogP contribution in [0.1, 0.15) is 70.6 Å². The van der Waals surface area contributed by atoms with E-state index < -0.39 is 0 Å². The number of hydrogen-bond acceptors (Lipinski definition) is 2. The van der Waals surface area contributed by atoms with E-state index in [1.807, 2.05) is 0 Å². The zero-order valence-electron chi connectivity index (χ0n) is 13.7. The average Bonchev–Trinajstić information content (AvgIpc) is 2.95. The van der Waals surface area contributed by atoms with Gasteiger partial charge in [0.25, 0.3) is 0 Å². The molecule has 20 heavy (non-hydrogen) atoms. The highest BCUT2D eigenvalue weighted by Crippen LogP contribution is 2.41. The molecule has 0 heterocycles. The Hall–Kier alpha value is -0.0800. The van der Waals surface area contributed by atoms with Crippen LogP contribution in [0.4, 0.5) is 0 Å². The van der Waals surface area contributed by atoms with Crippen molar-refractivity contribution in [1.82, 2.24) is 10.2 Å². The van der Waals surface area contributed by atoms with Gasteiger partial charge in [-0.1, -0.05) is 38.5 Å². The first-order valence-electron chi connectivity index (χ1n) is 9.10. The predicted octanol–water partition coefficient (Wildman–Crippen LogP) is 3.81. The van der Waals surface area contributed by atoms with Crippen molar-refractivity contribution < 1.29 is 0 Å². The van der Waals surface area contributed by atoms with Crippen molar-refractivity contribution in [1.29, 1.82) is 0 Å². The lowest BCUT2D eigenvalue weighted by atomic mass is 9.69. The summed E-state index contributed by atoms with van der Waals surface area (Å²) in [6.07, 6.45) is 16.1. The van der Waals surface area contributed by atoms with Crippen LogP contribution in [0, 0.1) is 11.8 Å². The Balaban J connectivity index is 1.51. The molecule has 3 aliphatic carbocycles. The molecule has 0 saturated heterocycles. The predicted molar refractivity (Wildman–Crippen MR) is 86.0 cm³/mol. The fourth-order valence-corrected chi connectivity index (χ4v) is 5.21. The van der Waals surface area contributed by atoms with Gasteiger partial charge in [0.15, 0.2) is 0 Å². The van der Waals surface area contributed by atoms with Crippen LogP contribution < -0.4 is 5.32 Å². The molecule has 0 aromatic carbocycles. The topological polar surface area (TPSA) is 15.3 Å². The van der Waals surface area contributed by atoms with E-state index in [0.29, 0.717) is 5.54 Å². The van der Waals surface area contributed by atoms with E-state index in [4.69, 9.17) is 0 Å². The van der Waals surface area contributed by atoms with E-state index in [-0.39, 0.29) is 0 Å². The first-order chi connectivity index (χ1) is 9.70.